The van der Waals surface area contributed by atoms with E-state index in [1.54, 1.807) is 20.1 Å². The largest absolute Gasteiger partial charge is 0.462 e. The van der Waals surface area contributed by atoms with Gasteiger partial charge in [-0.15, -0.1) is 11.3 Å². The average Bonchev–Trinajstić information content (AvgIpc) is 3.28. The third-order valence-corrected chi connectivity index (χ3v) is 7.79. The van der Waals surface area contributed by atoms with Crippen LogP contribution in [0.2, 0.25) is 0 Å². The summed E-state index contributed by atoms with van der Waals surface area (Å²) in [6.45, 7) is 11.6. The summed E-state index contributed by atoms with van der Waals surface area (Å²) in [5.41, 5.74) is 7.14. The molecule has 0 bridgehead atoms. The molecule has 0 fully saturated rings. The van der Waals surface area contributed by atoms with Gasteiger partial charge in [0, 0.05) is 16.5 Å². The van der Waals surface area contributed by atoms with Gasteiger partial charge in [0.1, 0.15) is 16.9 Å². The number of carbonyl (C=O) groups is 3. The van der Waals surface area contributed by atoms with Crippen molar-refractivity contribution in [2.24, 2.45) is 10.7 Å². The quantitative estimate of drug-likeness (QED) is 0.197. The minimum atomic E-state index is -0.826. The van der Waals surface area contributed by atoms with Crippen LogP contribution in [0.1, 0.15) is 104 Å². The van der Waals surface area contributed by atoms with Gasteiger partial charge >= 0.3 is 11.9 Å². The van der Waals surface area contributed by atoms with Gasteiger partial charge in [-0.3, -0.25) is 0 Å². The van der Waals surface area contributed by atoms with Crippen LogP contribution in [0.15, 0.2) is 29.3 Å². The standard InChI is InChI=1S/C28H38N2O5S/c1-7-15-27(6,18-31)20-14-12-13-19(16-20)17-30-24-22(26(33)35-11-5)21(25(32)34-10-4)23(36-24)28(29,8-2)9-3/h12-14,16-18H,7-11,15,29H2,1-6H3. The number of hydrogen-bond donors (Lipinski definition) is 1. The molecule has 0 amide bonds. The van der Waals surface area contributed by atoms with Crippen molar-refractivity contribution in [3.63, 3.8) is 0 Å². The summed E-state index contributed by atoms with van der Waals surface area (Å²) in [7, 11) is 0. The van der Waals surface area contributed by atoms with Crippen molar-refractivity contribution in [2.75, 3.05) is 13.2 Å². The third kappa shape index (κ3) is 6.28. The van der Waals surface area contributed by atoms with Crippen LogP contribution in [0.5, 0.6) is 0 Å². The Balaban J connectivity index is 2.70. The third-order valence-electron chi connectivity index (χ3n) is 6.47. The number of benzene rings is 1. The average molecular weight is 515 g/mol. The number of aliphatic imine (C=N–C) groups is 1. The van der Waals surface area contributed by atoms with E-state index >= 15 is 0 Å². The van der Waals surface area contributed by atoms with Gasteiger partial charge in [0.25, 0.3) is 0 Å². The first-order valence-corrected chi connectivity index (χ1v) is 13.4. The fourth-order valence-electron chi connectivity index (χ4n) is 4.12. The zero-order valence-corrected chi connectivity index (χ0v) is 23.0. The minimum absolute atomic E-state index is 0.0724. The number of carbonyl (C=O) groups excluding carboxylic acids is 3. The molecule has 1 atom stereocenters. The van der Waals surface area contributed by atoms with Crippen molar-refractivity contribution in [1.29, 1.82) is 0 Å². The van der Waals surface area contributed by atoms with E-state index in [0.29, 0.717) is 22.7 Å². The second kappa shape index (κ2) is 12.9. The Labute approximate surface area is 218 Å². The van der Waals surface area contributed by atoms with E-state index in [9.17, 15) is 14.4 Å². The number of aldehydes is 1. The van der Waals surface area contributed by atoms with Gasteiger partial charge < -0.3 is 20.0 Å². The fraction of sp³-hybridized carbons (Fsp3) is 0.500. The highest BCUT2D eigenvalue weighted by Gasteiger charge is 2.38. The fourth-order valence-corrected chi connectivity index (χ4v) is 5.49. The van der Waals surface area contributed by atoms with Crippen LogP contribution in [-0.4, -0.2) is 37.7 Å². The first-order valence-electron chi connectivity index (χ1n) is 12.6. The maximum absolute atomic E-state index is 13.0. The molecular formula is C28H38N2O5S. The van der Waals surface area contributed by atoms with Crippen molar-refractivity contribution >= 4 is 40.8 Å². The Bertz CT molecular complexity index is 1100. The van der Waals surface area contributed by atoms with E-state index in [-0.39, 0.29) is 24.3 Å². The van der Waals surface area contributed by atoms with E-state index in [1.807, 2.05) is 52.0 Å². The molecule has 0 radical (unpaired) electrons. The van der Waals surface area contributed by atoms with Crippen LogP contribution < -0.4 is 5.73 Å². The summed E-state index contributed by atoms with van der Waals surface area (Å²) in [5.74, 6) is -1.26. The van der Waals surface area contributed by atoms with Crippen LogP contribution in [0.25, 0.3) is 0 Å². The topological polar surface area (TPSA) is 108 Å². The van der Waals surface area contributed by atoms with Gasteiger partial charge in [0.2, 0.25) is 0 Å². The SMILES string of the molecule is CCCC(C)(C=O)c1cccc(C=Nc2sc(C(N)(CC)CC)c(C(=O)OCC)c2C(=O)OCC)c1. The molecule has 2 N–H and O–H groups in total. The molecule has 36 heavy (non-hydrogen) atoms. The van der Waals surface area contributed by atoms with Gasteiger partial charge in [0.05, 0.1) is 24.3 Å². The maximum atomic E-state index is 13.0. The van der Waals surface area contributed by atoms with E-state index in [1.165, 1.54) is 11.3 Å². The van der Waals surface area contributed by atoms with Crippen LogP contribution in [0.4, 0.5) is 5.00 Å². The highest BCUT2D eigenvalue weighted by molar-refractivity contribution is 7.16. The van der Waals surface area contributed by atoms with E-state index < -0.39 is 22.9 Å². The monoisotopic (exact) mass is 514 g/mol. The Morgan fingerprint density at radius 1 is 1.03 bits per heavy atom. The van der Waals surface area contributed by atoms with Crippen molar-refractivity contribution in [3.05, 3.63) is 51.4 Å². The number of rotatable bonds is 13. The smallest absolute Gasteiger partial charge is 0.342 e. The molecule has 0 saturated carbocycles. The maximum Gasteiger partial charge on any atom is 0.342 e. The minimum Gasteiger partial charge on any atom is -0.462 e. The highest BCUT2D eigenvalue weighted by Crippen LogP contribution is 2.43. The second-order valence-electron chi connectivity index (χ2n) is 8.96. The Morgan fingerprint density at radius 2 is 1.64 bits per heavy atom. The Morgan fingerprint density at radius 3 is 2.17 bits per heavy atom. The lowest BCUT2D eigenvalue weighted by Crippen LogP contribution is -2.36. The van der Waals surface area contributed by atoms with Crippen molar-refractivity contribution in [1.82, 2.24) is 0 Å². The molecule has 0 aliphatic rings. The number of nitrogens with two attached hydrogens (primary N) is 1. The van der Waals surface area contributed by atoms with E-state index in [0.717, 1.165) is 30.3 Å². The lowest BCUT2D eigenvalue weighted by Gasteiger charge is -2.26. The molecule has 2 aromatic rings. The van der Waals surface area contributed by atoms with Crippen molar-refractivity contribution < 1.29 is 23.9 Å². The van der Waals surface area contributed by atoms with E-state index in [4.69, 9.17) is 15.2 Å². The molecule has 0 aliphatic carbocycles. The molecule has 1 heterocycles. The molecule has 7 nitrogen and oxygen atoms in total. The summed E-state index contributed by atoms with van der Waals surface area (Å²) in [6, 6.07) is 7.60. The predicted octanol–water partition coefficient (Wildman–Crippen LogP) is 6.08. The lowest BCUT2D eigenvalue weighted by atomic mass is 9.79. The number of hydrogen-bond acceptors (Lipinski definition) is 8. The van der Waals surface area contributed by atoms with Gasteiger partial charge in [-0.1, -0.05) is 45.4 Å². The second-order valence-corrected chi connectivity index (χ2v) is 9.96. The number of ether oxygens (including phenoxy) is 2. The molecule has 1 unspecified atom stereocenters. The predicted molar refractivity (Wildman–Crippen MR) is 145 cm³/mol. The zero-order chi connectivity index (χ0) is 26.9. The van der Waals surface area contributed by atoms with Gasteiger partial charge in [0.15, 0.2) is 0 Å². The van der Waals surface area contributed by atoms with Gasteiger partial charge in [-0.2, -0.15) is 0 Å². The zero-order valence-electron chi connectivity index (χ0n) is 22.2. The van der Waals surface area contributed by atoms with Crippen LogP contribution >= 0.6 is 11.3 Å². The molecule has 2 rings (SSSR count). The van der Waals surface area contributed by atoms with Crippen LogP contribution in [0, 0.1) is 0 Å². The number of nitrogens with zero attached hydrogens (tertiary/aromatic N) is 1. The first kappa shape index (κ1) is 29.4. The molecule has 0 spiro atoms. The molecule has 0 saturated heterocycles. The lowest BCUT2D eigenvalue weighted by molar-refractivity contribution is -0.112. The molecule has 0 aliphatic heterocycles. The highest BCUT2D eigenvalue weighted by atomic mass is 32.1. The van der Waals surface area contributed by atoms with Crippen molar-refractivity contribution in [3.8, 4) is 0 Å². The normalized spacial score (nSPS) is 13.4. The van der Waals surface area contributed by atoms with Crippen LogP contribution in [0.3, 0.4) is 0 Å². The Hall–Kier alpha value is -2.84. The van der Waals surface area contributed by atoms with E-state index in [2.05, 4.69) is 4.99 Å². The van der Waals surface area contributed by atoms with Crippen molar-refractivity contribution in [2.45, 2.75) is 78.2 Å². The van der Waals surface area contributed by atoms with Gasteiger partial charge in [-0.05, 0) is 57.2 Å². The van der Waals surface area contributed by atoms with Crippen LogP contribution in [-0.2, 0) is 25.2 Å². The molecule has 1 aromatic heterocycles. The summed E-state index contributed by atoms with van der Waals surface area (Å²) in [4.78, 5) is 43.1. The first-order chi connectivity index (χ1) is 17.1. The summed E-state index contributed by atoms with van der Waals surface area (Å²) >= 11 is 1.21. The molecular weight excluding hydrogens is 476 g/mol. The number of esters is 2. The number of thiophene rings is 1. The molecule has 8 heteroatoms. The van der Waals surface area contributed by atoms with Gasteiger partial charge in [-0.25, -0.2) is 14.6 Å². The Kier molecular flexibility index (Phi) is 10.5. The molecule has 1 aromatic carbocycles. The summed E-state index contributed by atoms with van der Waals surface area (Å²) < 4.78 is 10.6. The summed E-state index contributed by atoms with van der Waals surface area (Å²) in [6.07, 6.45) is 5.34. The summed E-state index contributed by atoms with van der Waals surface area (Å²) in [5, 5.41) is 0.334. The molecule has 196 valence electrons.